The number of halogens is 1. The zero-order valence-corrected chi connectivity index (χ0v) is 12.8. The second-order valence-electron chi connectivity index (χ2n) is 5.30. The Morgan fingerprint density at radius 2 is 2.19 bits per heavy atom. The van der Waals surface area contributed by atoms with Gasteiger partial charge in [-0.05, 0) is 30.5 Å². The zero-order valence-electron chi connectivity index (χ0n) is 12.0. The molecule has 5 nitrogen and oxygen atoms in total. The molecule has 1 aromatic carbocycles. The standard InChI is InChI=1S/C14H18FNO4S/c1-16(8-10-5-6-21(18,19)9-10)14(17)11-3-4-12(15)13(7-11)20-2/h3-4,7,10H,5-6,8-9H2,1-2H3. The van der Waals surface area contributed by atoms with Crippen molar-refractivity contribution in [2.24, 2.45) is 5.92 Å². The summed E-state index contributed by atoms with van der Waals surface area (Å²) in [5.41, 5.74) is 0.316. The van der Waals surface area contributed by atoms with Crippen molar-refractivity contribution in [3.8, 4) is 5.75 Å². The van der Waals surface area contributed by atoms with E-state index < -0.39 is 15.7 Å². The number of methoxy groups -OCH3 is 1. The van der Waals surface area contributed by atoms with Crippen molar-refractivity contribution >= 4 is 15.7 Å². The van der Waals surface area contributed by atoms with Crippen LogP contribution in [0.4, 0.5) is 4.39 Å². The fourth-order valence-corrected chi connectivity index (χ4v) is 4.35. The number of nitrogens with zero attached hydrogens (tertiary/aromatic N) is 1. The molecule has 1 unspecified atom stereocenters. The molecule has 2 rings (SSSR count). The summed E-state index contributed by atoms with van der Waals surface area (Å²) >= 11 is 0. The predicted octanol–water partition coefficient (Wildman–Crippen LogP) is 1.34. The van der Waals surface area contributed by atoms with Gasteiger partial charge in [-0.2, -0.15) is 0 Å². The van der Waals surface area contributed by atoms with Crippen molar-refractivity contribution in [3.05, 3.63) is 29.6 Å². The van der Waals surface area contributed by atoms with Crippen LogP contribution in [0.1, 0.15) is 16.8 Å². The van der Waals surface area contributed by atoms with Crippen LogP contribution in [0, 0.1) is 11.7 Å². The molecule has 0 N–H and O–H groups in total. The lowest BCUT2D eigenvalue weighted by atomic mass is 10.1. The Kier molecular flexibility index (Phi) is 4.51. The summed E-state index contributed by atoms with van der Waals surface area (Å²) in [6, 6.07) is 3.92. The van der Waals surface area contributed by atoms with E-state index in [0.717, 1.165) is 0 Å². The van der Waals surface area contributed by atoms with Crippen LogP contribution in [-0.2, 0) is 9.84 Å². The van der Waals surface area contributed by atoms with Gasteiger partial charge in [-0.15, -0.1) is 0 Å². The van der Waals surface area contributed by atoms with E-state index in [9.17, 15) is 17.6 Å². The number of carbonyl (C=O) groups excluding carboxylic acids is 1. The molecule has 0 aromatic heterocycles. The first-order chi connectivity index (χ1) is 9.82. The minimum atomic E-state index is -2.96. The third-order valence-electron chi connectivity index (χ3n) is 3.60. The number of hydrogen-bond donors (Lipinski definition) is 0. The quantitative estimate of drug-likeness (QED) is 0.841. The van der Waals surface area contributed by atoms with Crippen LogP contribution in [0.25, 0.3) is 0 Å². The first-order valence-corrected chi connectivity index (χ1v) is 8.44. The van der Waals surface area contributed by atoms with Gasteiger partial charge < -0.3 is 9.64 Å². The summed E-state index contributed by atoms with van der Waals surface area (Å²) in [5, 5.41) is 0. The molecule has 1 heterocycles. The van der Waals surface area contributed by atoms with Crippen molar-refractivity contribution in [1.82, 2.24) is 4.90 Å². The summed E-state index contributed by atoms with van der Waals surface area (Å²) in [7, 11) is -0.00797. The Morgan fingerprint density at radius 1 is 1.48 bits per heavy atom. The van der Waals surface area contributed by atoms with Crippen LogP contribution in [0.2, 0.25) is 0 Å². The van der Waals surface area contributed by atoms with Crippen molar-refractivity contribution < 1.29 is 22.3 Å². The molecular weight excluding hydrogens is 297 g/mol. The minimum absolute atomic E-state index is 0.0118. The normalized spacial score (nSPS) is 20.2. The van der Waals surface area contributed by atoms with E-state index in [4.69, 9.17) is 4.74 Å². The first kappa shape index (κ1) is 15.8. The van der Waals surface area contributed by atoms with Gasteiger partial charge in [-0.1, -0.05) is 0 Å². The molecule has 7 heteroatoms. The van der Waals surface area contributed by atoms with Crippen molar-refractivity contribution in [3.63, 3.8) is 0 Å². The molecule has 0 bridgehead atoms. The van der Waals surface area contributed by atoms with Crippen molar-refractivity contribution in [2.45, 2.75) is 6.42 Å². The van der Waals surface area contributed by atoms with Gasteiger partial charge in [0.2, 0.25) is 0 Å². The van der Waals surface area contributed by atoms with Crippen LogP contribution >= 0.6 is 0 Å². The predicted molar refractivity (Wildman–Crippen MR) is 76.7 cm³/mol. The second-order valence-corrected chi connectivity index (χ2v) is 7.53. The van der Waals surface area contributed by atoms with E-state index in [2.05, 4.69) is 0 Å². The van der Waals surface area contributed by atoms with E-state index in [-0.39, 0.29) is 29.1 Å². The van der Waals surface area contributed by atoms with Gasteiger partial charge in [-0.25, -0.2) is 12.8 Å². The van der Waals surface area contributed by atoms with E-state index >= 15 is 0 Å². The fraction of sp³-hybridized carbons (Fsp3) is 0.500. The molecule has 1 aliphatic rings. The molecule has 1 amide bonds. The Hall–Kier alpha value is -1.63. The fourth-order valence-electron chi connectivity index (χ4n) is 2.50. The summed E-state index contributed by atoms with van der Waals surface area (Å²) in [6.45, 7) is 0.373. The van der Waals surface area contributed by atoms with Gasteiger partial charge in [0.05, 0.1) is 18.6 Å². The summed E-state index contributed by atoms with van der Waals surface area (Å²) < 4.78 is 41.0. The van der Waals surface area contributed by atoms with E-state index in [1.165, 1.54) is 30.2 Å². The highest BCUT2D eigenvalue weighted by atomic mass is 32.2. The molecule has 1 fully saturated rings. The second kappa shape index (κ2) is 6.01. The van der Waals surface area contributed by atoms with Gasteiger partial charge in [0, 0.05) is 19.2 Å². The number of sulfone groups is 1. The van der Waals surface area contributed by atoms with Gasteiger partial charge in [0.25, 0.3) is 5.91 Å². The lowest BCUT2D eigenvalue weighted by Gasteiger charge is -2.20. The van der Waals surface area contributed by atoms with Crippen LogP contribution in [-0.4, -0.2) is 51.4 Å². The molecule has 1 atom stereocenters. The molecule has 0 spiro atoms. The van der Waals surface area contributed by atoms with Crippen molar-refractivity contribution in [1.29, 1.82) is 0 Å². The maximum absolute atomic E-state index is 13.3. The summed E-state index contributed by atoms with van der Waals surface area (Å²) in [5.74, 6) is -0.526. The Morgan fingerprint density at radius 3 is 2.76 bits per heavy atom. The van der Waals surface area contributed by atoms with Crippen LogP contribution < -0.4 is 4.74 Å². The lowest BCUT2D eigenvalue weighted by molar-refractivity contribution is 0.0776. The third kappa shape index (κ3) is 3.72. The van der Waals surface area contributed by atoms with E-state index in [0.29, 0.717) is 18.5 Å². The van der Waals surface area contributed by atoms with Crippen LogP contribution in [0.3, 0.4) is 0 Å². The monoisotopic (exact) mass is 315 g/mol. The Balaban J connectivity index is 2.06. The van der Waals surface area contributed by atoms with Gasteiger partial charge in [0.1, 0.15) is 0 Å². The molecule has 1 saturated heterocycles. The molecular formula is C14H18FNO4S. The maximum atomic E-state index is 13.3. The first-order valence-electron chi connectivity index (χ1n) is 6.62. The Bertz CT molecular complexity index is 644. The number of hydrogen-bond acceptors (Lipinski definition) is 4. The average Bonchev–Trinajstić information content (AvgIpc) is 2.77. The highest BCUT2D eigenvalue weighted by molar-refractivity contribution is 7.91. The smallest absolute Gasteiger partial charge is 0.253 e. The van der Waals surface area contributed by atoms with Gasteiger partial charge in [-0.3, -0.25) is 4.79 Å². The number of ether oxygens (including phenoxy) is 1. The molecule has 0 saturated carbocycles. The van der Waals surface area contributed by atoms with Crippen LogP contribution in [0.15, 0.2) is 18.2 Å². The molecule has 116 valence electrons. The van der Waals surface area contributed by atoms with E-state index in [1.807, 2.05) is 0 Å². The van der Waals surface area contributed by atoms with E-state index in [1.54, 1.807) is 7.05 Å². The SMILES string of the molecule is COc1cc(C(=O)N(C)CC2CCS(=O)(=O)C2)ccc1F. The Labute approximate surface area is 123 Å². The molecule has 1 aliphatic heterocycles. The minimum Gasteiger partial charge on any atom is -0.494 e. The number of benzene rings is 1. The zero-order chi connectivity index (χ0) is 15.6. The maximum Gasteiger partial charge on any atom is 0.253 e. The summed E-state index contributed by atoms with van der Waals surface area (Å²) in [4.78, 5) is 13.7. The molecule has 21 heavy (non-hydrogen) atoms. The summed E-state index contributed by atoms with van der Waals surface area (Å²) in [6.07, 6.45) is 0.576. The van der Waals surface area contributed by atoms with Gasteiger partial charge in [0.15, 0.2) is 21.4 Å². The average molecular weight is 315 g/mol. The molecule has 0 aliphatic carbocycles. The molecule has 0 radical (unpaired) electrons. The lowest BCUT2D eigenvalue weighted by Crippen LogP contribution is -2.32. The van der Waals surface area contributed by atoms with Gasteiger partial charge >= 0.3 is 0 Å². The number of rotatable bonds is 4. The van der Waals surface area contributed by atoms with Crippen molar-refractivity contribution in [2.75, 3.05) is 32.2 Å². The highest BCUT2D eigenvalue weighted by Crippen LogP contribution is 2.22. The highest BCUT2D eigenvalue weighted by Gasteiger charge is 2.29. The van der Waals surface area contributed by atoms with Crippen LogP contribution in [0.5, 0.6) is 5.75 Å². The third-order valence-corrected chi connectivity index (χ3v) is 5.44. The topological polar surface area (TPSA) is 63.7 Å². The number of amides is 1. The largest absolute Gasteiger partial charge is 0.494 e. The molecule has 1 aromatic rings. The number of carbonyl (C=O) groups is 1.